The summed E-state index contributed by atoms with van der Waals surface area (Å²) in [5.41, 5.74) is 0. The van der Waals surface area contributed by atoms with Crippen LogP contribution in [-0.2, 0) is 4.79 Å². The molecule has 0 aromatic carbocycles. The molecule has 0 rings (SSSR count). The Bertz CT molecular complexity index is 271. The van der Waals surface area contributed by atoms with Crippen LogP contribution in [0.2, 0.25) is 0 Å². The van der Waals surface area contributed by atoms with Gasteiger partial charge in [0.05, 0.1) is 6.07 Å². The van der Waals surface area contributed by atoms with E-state index in [1.165, 1.54) is 44.9 Å². The maximum absolute atomic E-state index is 11.6. The number of carbonyl (C=O) groups is 1. The number of unbranched alkanes of at least 4 members (excludes halogenated alkanes) is 8. The SMILES string of the molecule is CCCCCCCCCCCC(=O)NC(C#N)CCC. The predicted octanol–water partition coefficient (Wildman–Crippen LogP) is 4.72. The molecule has 0 aliphatic heterocycles. The molecule has 3 nitrogen and oxygen atoms in total. The average Bonchev–Trinajstić information content (AvgIpc) is 2.45. The number of hydrogen-bond acceptors (Lipinski definition) is 2. The predicted molar refractivity (Wildman–Crippen MR) is 84.3 cm³/mol. The van der Waals surface area contributed by atoms with E-state index in [-0.39, 0.29) is 11.9 Å². The van der Waals surface area contributed by atoms with Gasteiger partial charge in [0, 0.05) is 6.42 Å². The minimum Gasteiger partial charge on any atom is -0.340 e. The minimum absolute atomic E-state index is 0.0351. The van der Waals surface area contributed by atoms with Gasteiger partial charge >= 0.3 is 0 Å². The molecule has 0 heterocycles. The minimum atomic E-state index is -0.300. The Morgan fingerprint density at radius 1 is 0.950 bits per heavy atom. The molecule has 0 aromatic heterocycles. The molecule has 0 aromatic rings. The van der Waals surface area contributed by atoms with Gasteiger partial charge in [-0.2, -0.15) is 5.26 Å². The Labute approximate surface area is 125 Å². The Kier molecular flexibility index (Phi) is 13.6. The van der Waals surface area contributed by atoms with Crippen molar-refractivity contribution in [1.29, 1.82) is 5.26 Å². The van der Waals surface area contributed by atoms with Crippen LogP contribution < -0.4 is 5.32 Å². The third-order valence-electron chi connectivity index (χ3n) is 3.58. The smallest absolute Gasteiger partial charge is 0.221 e. The molecule has 0 saturated carbocycles. The van der Waals surface area contributed by atoms with E-state index in [2.05, 4.69) is 18.3 Å². The van der Waals surface area contributed by atoms with Crippen molar-refractivity contribution in [3.63, 3.8) is 0 Å². The summed E-state index contributed by atoms with van der Waals surface area (Å²) in [6.45, 7) is 4.26. The summed E-state index contributed by atoms with van der Waals surface area (Å²) in [6, 6.07) is 1.84. The summed E-state index contributed by atoms with van der Waals surface area (Å²) in [4.78, 5) is 11.6. The zero-order chi connectivity index (χ0) is 15.1. The van der Waals surface area contributed by atoms with Crippen molar-refractivity contribution in [3.05, 3.63) is 0 Å². The Morgan fingerprint density at radius 3 is 2.00 bits per heavy atom. The number of hydrogen-bond donors (Lipinski definition) is 1. The first-order valence-corrected chi connectivity index (χ1v) is 8.43. The second-order valence-corrected chi connectivity index (χ2v) is 5.62. The maximum atomic E-state index is 11.6. The lowest BCUT2D eigenvalue weighted by molar-refractivity contribution is -0.121. The topological polar surface area (TPSA) is 52.9 Å². The molecule has 3 heteroatoms. The van der Waals surface area contributed by atoms with Crippen molar-refractivity contribution in [2.24, 2.45) is 0 Å². The van der Waals surface area contributed by atoms with Crippen molar-refractivity contribution in [1.82, 2.24) is 5.32 Å². The molecule has 0 saturated heterocycles. The monoisotopic (exact) mass is 280 g/mol. The highest BCUT2D eigenvalue weighted by atomic mass is 16.1. The lowest BCUT2D eigenvalue weighted by Gasteiger charge is -2.10. The number of amides is 1. The lowest BCUT2D eigenvalue weighted by Crippen LogP contribution is -2.33. The van der Waals surface area contributed by atoms with Crippen LogP contribution in [0.5, 0.6) is 0 Å². The summed E-state index contributed by atoms with van der Waals surface area (Å²) in [6.07, 6.45) is 13.6. The third kappa shape index (κ3) is 12.0. The Balaban J connectivity index is 3.37. The van der Waals surface area contributed by atoms with Crippen LogP contribution in [-0.4, -0.2) is 11.9 Å². The van der Waals surface area contributed by atoms with E-state index in [1.54, 1.807) is 0 Å². The Hall–Kier alpha value is -1.04. The second kappa shape index (κ2) is 14.4. The molecule has 0 aliphatic rings. The molecule has 20 heavy (non-hydrogen) atoms. The van der Waals surface area contributed by atoms with E-state index >= 15 is 0 Å². The van der Waals surface area contributed by atoms with E-state index < -0.39 is 0 Å². The van der Waals surface area contributed by atoms with Crippen LogP contribution in [0.3, 0.4) is 0 Å². The van der Waals surface area contributed by atoms with Crippen LogP contribution in [0.4, 0.5) is 0 Å². The summed E-state index contributed by atoms with van der Waals surface area (Å²) in [5, 5.41) is 11.7. The van der Waals surface area contributed by atoms with Crippen molar-refractivity contribution in [2.75, 3.05) is 0 Å². The number of rotatable bonds is 13. The van der Waals surface area contributed by atoms with Gasteiger partial charge in [0.1, 0.15) is 6.04 Å². The van der Waals surface area contributed by atoms with Gasteiger partial charge in [-0.3, -0.25) is 4.79 Å². The second-order valence-electron chi connectivity index (χ2n) is 5.62. The number of nitriles is 1. The fraction of sp³-hybridized carbons (Fsp3) is 0.882. The first-order chi connectivity index (χ1) is 9.74. The van der Waals surface area contributed by atoms with E-state index in [0.29, 0.717) is 6.42 Å². The molecule has 1 N–H and O–H groups in total. The summed E-state index contributed by atoms with van der Waals surface area (Å²) < 4.78 is 0. The van der Waals surface area contributed by atoms with Crippen LogP contribution in [0.15, 0.2) is 0 Å². The molecular weight excluding hydrogens is 248 g/mol. The van der Waals surface area contributed by atoms with Gasteiger partial charge in [-0.15, -0.1) is 0 Å². The summed E-state index contributed by atoms with van der Waals surface area (Å²) >= 11 is 0. The largest absolute Gasteiger partial charge is 0.340 e. The van der Waals surface area contributed by atoms with Crippen LogP contribution in [0.25, 0.3) is 0 Å². The maximum Gasteiger partial charge on any atom is 0.221 e. The van der Waals surface area contributed by atoms with Gasteiger partial charge in [-0.25, -0.2) is 0 Å². The highest BCUT2D eigenvalue weighted by Gasteiger charge is 2.09. The fourth-order valence-electron chi connectivity index (χ4n) is 2.32. The third-order valence-corrected chi connectivity index (χ3v) is 3.58. The quantitative estimate of drug-likeness (QED) is 0.496. The van der Waals surface area contributed by atoms with Crippen LogP contribution in [0, 0.1) is 11.3 Å². The van der Waals surface area contributed by atoms with Crippen LogP contribution in [0.1, 0.15) is 90.9 Å². The lowest BCUT2D eigenvalue weighted by atomic mass is 10.1. The summed E-state index contributed by atoms with van der Waals surface area (Å²) in [7, 11) is 0. The molecule has 116 valence electrons. The van der Waals surface area contributed by atoms with E-state index in [4.69, 9.17) is 5.26 Å². The molecule has 0 radical (unpaired) electrons. The zero-order valence-electron chi connectivity index (χ0n) is 13.4. The van der Waals surface area contributed by atoms with E-state index in [1.807, 2.05) is 6.92 Å². The average molecular weight is 280 g/mol. The molecule has 1 amide bonds. The number of carbonyl (C=O) groups excluding carboxylic acids is 1. The molecular formula is C17H32N2O. The molecule has 0 spiro atoms. The molecule has 0 aliphatic carbocycles. The van der Waals surface area contributed by atoms with Gasteiger partial charge in [0.15, 0.2) is 0 Å². The zero-order valence-corrected chi connectivity index (χ0v) is 13.4. The highest BCUT2D eigenvalue weighted by Crippen LogP contribution is 2.10. The standard InChI is InChI=1S/C17H32N2O/c1-3-5-6-7-8-9-10-11-12-14-17(20)19-16(15-18)13-4-2/h16H,3-14H2,1-2H3,(H,19,20). The van der Waals surface area contributed by atoms with Crippen molar-refractivity contribution in [2.45, 2.75) is 96.9 Å². The first-order valence-electron chi connectivity index (χ1n) is 8.43. The molecule has 1 atom stereocenters. The molecule has 0 bridgehead atoms. The number of nitrogens with one attached hydrogen (secondary N) is 1. The van der Waals surface area contributed by atoms with Crippen LogP contribution >= 0.6 is 0 Å². The van der Waals surface area contributed by atoms with Gasteiger partial charge in [0.25, 0.3) is 0 Å². The van der Waals surface area contributed by atoms with Gasteiger partial charge in [0.2, 0.25) is 5.91 Å². The van der Waals surface area contributed by atoms with E-state index in [0.717, 1.165) is 25.7 Å². The highest BCUT2D eigenvalue weighted by molar-refractivity contribution is 5.76. The molecule has 0 fully saturated rings. The normalized spacial score (nSPS) is 11.8. The van der Waals surface area contributed by atoms with Crippen molar-refractivity contribution in [3.8, 4) is 6.07 Å². The van der Waals surface area contributed by atoms with E-state index in [9.17, 15) is 4.79 Å². The van der Waals surface area contributed by atoms with Gasteiger partial charge in [-0.1, -0.05) is 71.6 Å². The fourth-order valence-corrected chi connectivity index (χ4v) is 2.32. The first kappa shape index (κ1) is 19.0. The van der Waals surface area contributed by atoms with Gasteiger partial charge < -0.3 is 5.32 Å². The molecule has 1 unspecified atom stereocenters. The Morgan fingerprint density at radius 2 is 1.50 bits per heavy atom. The number of nitrogens with zero attached hydrogens (tertiary/aromatic N) is 1. The summed E-state index contributed by atoms with van der Waals surface area (Å²) in [5.74, 6) is 0.0351. The van der Waals surface area contributed by atoms with Crippen molar-refractivity contribution >= 4 is 5.91 Å². The van der Waals surface area contributed by atoms with Crippen molar-refractivity contribution < 1.29 is 4.79 Å². The van der Waals surface area contributed by atoms with Gasteiger partial charge in [-0.05, 0) is 12.8 Å².